The monoisotopic (exact) mass is 520 g/mol. The van der Waals surface area contributed by atoms with Crippen LogP contribution in [0, 0.1) is 0 Å². The molecule has 3 heterocycles. The molecule has 1 saturated heterocycles. The average Bonchev–Trinajstić information content (AvgIpc) is 3.58. The van der Waals surface area contributed by atoms with Gasteiger partial charge in [-0.25, -0.2) is 0 Å². The van der Waals surface area contributed by atoms with Crippen molar-refractivity contribution in [3.63, 3.8) is 0 Å². The zero-order chi connectivity index (χ0) is 26.6. The minimum atomic E-state index is -0.500. The van der Waals surface area contributed by atoms with Crippen LogP contribution in [0.2, 0.25) is 0 Å². The number of ether oxygens (including phenoxy) is 1. The minimum absolute atomic E-state index is 0.0437. The number of nitrogens with one attached hydrogen (secondary N) is 1. The summed E-state index contributed by atoms with van der Waals surface area (Å²) in [6, 6.07) is 11.6. The van der Waals surface area contributed by atoms with Gasteiger partial charge in [-0.05, 0) is 41.5 Å². The van der Waals surface area contributed by atoms with Gasteiger partial charge >= 0.3 is 0 Å². The highest BCUT2D eigenvalue weighted by atomic mass is 16.5. The van der Waals surface area contributed by atoms with Gasteiger partial charge in [0.05, 0.1) is 23.9 Å². The standard InChI is InChI=1S/C28H32N4O6/c1-30(18-22-3-2-11-37-22)27(35)23-14-24(26(34)15-25(23)33)28(36)32-16-19-4-5-21(13-20(19)17-32)38-12-10-31-8-6-29-7-9-31/h2-5,11,13-15,29,33-34H,6-10,12,16-18H2,1H3. The van der Waals surface area contributed by atoms with Gasteiger partial charge in [-0.2, -0.15) is 0 Å². The number of aromatic hydroxyl groups is 2. The van der Waals surface area contributed by atoms with Gasteiger partial charge in [-0.15, -0.1) is 0 Å². The molecular weight excluding hydrogens is 488 g/mol. The third-order valence-electron chi connectivity index (χ3n) is 6.97. The fourth-order valence-electron chi connectivity index (χ4n) is 4.84. The van der Waals surface area contributed by atoms with Crippen LogP contribution < -0.4 is 10.1 Å². The largest absolute Gasteiger partial charge is 0.507 e. The van der Waals surface area contributed by atoms with Crippen LogP contribution in [0.1, 0.15) is 37.6 Å². The number of furan rings is 1. The molecular formula is C28H32N4O6. The second-order valence-corrected chi connectivity index (χ2v) is 9.66. The number of hydrogen-bond donors (Lipinski definition) is 3. The summed E-state index contributed by atoms with van der Waals surface area (Å²) in [4.78, 5) is 31.7. The molecule has 0 bridgehead atoms. The molecule has 0 radical (unpaired) electrons. The van der Waals surface area contributed by atoms with Gasteiger partial charge in [0.2, 0.25) is 0 Å². The fraction of sp³-hybridized carbons (Fsp3) is 0.357. The molecule has 0 saturated carbocycles. The van der Waals surface area contributed by atoms with E-state index in [0.29, 0.717) is 25.5 Å². The van der Waals surface area contributed by atoms with Crippen molar-refractivity contribution < 1.29 is 29.0 Å². The van der Waals surface area contributed by atoms with E-state index in [2.05, 4.69) is 10.2 Å². The van der Waals surface area contributed by atoms with Crippen LogP contribution in [0.15, 0.2) is 53.1 Å². The van der Waals surface area contributed by atoms with Gasteiger partial charge < -0.3 is 34.5 Å². The van der Waals surface area contributed by atoms with Crippen LogP contribution in [0.4, 0.5) is 0 Å². The van der Waals surface area contributed by atoms with Crippen molar-refractivity contribution in [2.45, 2.75) is 19.6 Å². The first-order chi connectivity index (χ1) is 18.4. The van der Waals surface area contributed by atoms with Gasteiger partial charge in [-0.3, -0.25) is 14.5 Å². The maximum Gasteiger partial charge on any atom is 0.258 e. The number of carbonyl (C=O) groups is 2. The number of rotatable bonds is 8. The van der Waals surface area contributed by atoms with E-state index in [1.807, 2.05) is 18.2 Å². The molecule has 0 spiro atoms. The predicted octanol–water partition coefficient (Wildman–Crippen LogP) is 2.40. The molecule has 10 heteroatoms. The van der Waals surface area contributed by atoms with Crippen LogP contribution in [-0.2, 0) is 19.6 Å². The van der Waals surface area contributed by atoms with Crippen molar-refractivity contribution >= 4 is 11.8 Å². The predicted molar refractivity (Wildman–Crippen MR) is 139 cm³/mol. The summed E-state index contributed by atoms with van der Waals surface area (Å²) in [5, 5.41) is 24.2. The molecule has 1 fully saturated rings. The Kier molecular flexibility index (Phi) is 7.52. The number of hydrogen-bond acceptors (Lipinski definition) is 8. The lowest BCUT2D eigenvalue weighted by Gasteiger charge is -2.26. The summed E-state index contributed by atoms with van der Waals surface area (Å²) in [6.07, 6.45) is 1.51. The van der Waals surface area contributed by atoms with Crippen molar-refractivity contribution in [1.29, 1.82) is 0 Å². The van der Waals surface area contributed by atoms with Crippen molar-refractivity contribution in [1.82, 2.24) is 20.0 Å². The van der Waals surface area contributed by atoms with Crippen molar-refractivity contribution in [2.24, 2.45) is 0 Å². The molecule has 2 aliphatic rings. The Balaban J connectivity index is 1.24. The molecule has 0 atom stereocenters. The summed E-state index contributed by atoms with van der Waals surface area (Å²) in [6.45, 7) is 6.39. The molecule has 3 N–H and O–H groups in total. The van der Waals surface area contributed by atoms with Crippen LogP contribution in [0.5, 0.6) is 17.2 Å². The van der Waals surface area contributed by atoms with E-state index < -0.39 is 17.6 Å². The Morgan fingerprint density at radius 1 is 1.03 bits per heavy atom. The summed E-state index contributed by atoms with van der Waals surface area (Å²) in [5.41, 5.74) is 1.86. The lowest BCUT2D eigenvalue weighted by Crippen LogP contribution is -2.44. The Labute approximate surface area is 221 Å². The molecule has 38 heavy (non-hydrogen) atoms. The highest BCUT2D eigenvalue weighted by molar-refractivity contribution is 6.03. The minimum Gasteiger partial charge on any atom is -0.507 e. The molecule has 200 valence electrons. The second-order valence-electron chi connectivity index (χ2n) is 9.66. The number of phenolic OH excluding ortho intramolecular Hbond substituents is 2. The Morgan fingerprint density at radius 2 is 1.79 bits per heavy atom. The van der Waals surface area contributed by atoms with Gasteiger partial charge in [0, 0.05) is 58.9 Å². The first-order valence-corrected chi connectivity index (χ1v) is 12.7. The molecule has 2 amide bonds. The SMILES string of the molecule is CN(Cc1ccco1)C(=O)c1cc(C(=O)N2Cc3ccc(OCCN4CCNCC4)cc3C2)c(O)cc1O. The third kappa shape index (κ3) is 5.61. The highest BCUT2D eigenvalue weighted by Crippen LogP contribution is 2.33. The maximum atomic E-state index is 13.4. The van der Waals surface area contributed by atoms with Crippen molar-refractivity contribution in [2.75, 3.05) is 46.4 Å². The van der Waals surface area contributed by atoms with E-state index in [0.717, 1.165) is 55.7 Å². The van der Waals surface area contributed by atoms with Crippen LogP contribution >= 0.6 is 0 Å². The molecule has 5 rings (SSSR count). The van der Waals surface area contributed by atoms with Gasteiger partial charge in [-0.1, -0.05) is 6.07 Å². The van der Waals surface area contributed by atoms with Crippen LogP contribution in [0.25, 0.3) is 0 Å². The average molecular weight is 521 g/mol. The number of benzene rings is 2. The summed E-state index contributed by atoms with van der Waals surface area (Å²) < 4.78 is 11.3. The molecule has 0 aliphatic carbocycles. The Bertz CT molecular complexity index is 1300. The number of piperazine rings is 1. The molecule has 10 nitrogen and oxygen atoms in total. The summed E-state index contributed by atoms with van der Waals surface area (Å²) in [7, 11) is 1.57. The summed E-state index contributed by atoms with van der Waals surface area (Å²) >= 11 is 0. The van der Waals surface area contributed by atoms with E-state index in [1.54, 1.807) is 24.1 Å². The third-order valence-corrected chi connectivity index (χ3v) is 6.97. The van der Waals surface area contributed by atoms with Gasteiger partial charge in [0.15, 0.2) is 0 Å². The lowest BCUT2D eigenvalue weighted by molar-refractivity contribution is 0.0748. The van der Waals surface area contributed by atoms with E-state index in [4.69, 9.17) is 9.15 Å². The molecule has 3 aromatic rings. The molecule has 0 unspecified atom stereocenters. The van der Waals surface area contributed by atoms with Crippen molar-refractivity contribution in [3.8, 4) is 17.2 Å². The number of amides is 2. The number of phenols is 2. The smallest absolute Gasteiger partial charge is 0.258 e. The van der Waals surface area contributed by atoms with Crippen LogP contribution in [-0.4, -0.2) is 83.1 Å². The van der Waals surface area contributed by atoms with Crippen LogP contribution in [0.3, 0.4) is 0 Å². The number of nitrogens with zero attached hydrogens (tertiary/aromatic N) is 3. The Morgan fingerprint density at radius 3 is 2.55 bits per heavy atom. The maximum absolute atomic E-state index is 13.4. The van der Waals surface area contributed by atoms with E-state index in [-0.39, 0.29) is 23.4 Å². The van der Waals surface area contributed by atoms with E-state index >= 15 is 0 Å². The number of carbonyl (C=O) groups excluding carboxylic acids is 2. The molecule has 1 aromatic heterocycles. The molecule has 2 aliphatic heterocycles. The van der Waals surface area contributed by atoms with Crippen molar-refractivity contribution in [3.05, 3.63) is 76.7 Å². The van der Waals surface area contributed by atoms with E-state index in [9.17, 15) is 19.8 Å². The van der Waals surface area contributed by atoms with Gasteiger partial charge in [0.1, 0.15) is 29.6 Å². The molecule has 2 aromatic carbocycles. The fourth-order valence-corrected chi connectivity index (χ4v) is 4.84. The van der Waals surface area contributed by atoms with Gasteiger partial charge in [0.25, 0.3) is 11.8 Å². The first-order valence-electron chi connectivity index (χ1n) is 12.7. The van der Waals surface area contributed by atoms with E-state index in [1.165, 1.54) is 17.2 Å². The highest BCUT2D eigenvalue weighted by Gasteiger charge is 2.29. The number of fused-ring (bicyclic) bond motifs is 1. The topological polar surface area (TPSA) is 119 Å². The first kappa shape index (κ1) is 25.6. The normalized spacial score (nSPS) is 15.3. The quantitative estimate of drug-likeness (QED) is 0.415. The zero-order valence-corrected chi connectivity index (χ0v) is 21.4. The Hall–Kier alpha value is -4.02. The zero-order valence-electron chi connectivity index (χ0n) is 21.4. The lowest BCUT2D eigenvalue weighted by atomic mass is 10.1. The second kappa shape index (κ2) is 11.2. The summed E-state index contributed by atoms with van der Waals surface area (Å²) in [5.74, 6) is -0.373.